The molecule has 0 saturated carbocycles. The number of rotatable bonds is 4. The molecule has 8 heteroatoms. The predicted molar refractivity (Wildman–Crippen MR) is 78.0 cm³/mol. The number of aromatic amines is 1. The average Bonchev–Trinajstić information content (AvgIpc) is 3.00. The standard InChI is InChI=1S/C13H14N6O2/c1-8-9(7-15-18(8)2)6-14-13-16-11-4-3-10(19(20)21)5-12(11)17-13/h3-5,7H,6H2,1-2H3,(H2,14,16,17). The van der Waals surface area contributed by atoms with Crippen LogP contribution < -0.4 is 5.32 Å². The third-order valence-electron chi connectivity index (χ3n) is 3.46. The molecule has 108 valence electrons. The van der Waals surface area contributed by atoms with Gasteiger partial charge in [0.2, 0.25) is 5.95 Å². The smallest absolute Gasteiger partial charge is 0.271 e. The number of nitro groups is 1. The van der Waals surface area contributed by atoms with Gasteiger partial charge in [0.25, 0.3) is 5.69 Å². The van der Waals surface area contributed by atoms with Crippen molar-refractivity contribution in [3.05, 3.63) is 45.8 Å². The van der Waals surface area contributed by atoms with Gasteiger partial charge in [-0.25, -0.2) is 4.98 Å². The molecule has 0 aliphatic rings. The molecule has 3 rings (SSSR count). The van der Waals surface area contributed by atoms with Crippen LogP contribution in [-0.2, 0) is 13.6 Å². The van der Waals surface area contributed by atoms with E-state index in [0.29, 0.717) is 23.5 Å². The van der Waals surface area contributed by atoms with Crippen LogP contribution in [0.15, 0.2) is 24.4 Å². The van der Waals surface area contributed by atoms with Crippen molar-refractivity contribution in [1.29, 1.82) is 0 Å². The molecule has 0 bridgehead atoms. The molecular weight excluding hydrogens is 272 g/mol. The van der Waals surface area contributed by atoms with E-state index in [1.165, 1.54) is 12.1 Å². The molecule has 0 unspecified atom stereocenters. The molecule has 0 fully saturated rings. The number of aryl methyl sites for hydroxylation is 1. The molecule has 1 aromatic carbocycles. The summed E-state index contributed by atoms with van der Waals surface area (Å²) in [6, 6.07) is 4.55. The lowest BCUT2D eigenvalue weighted by Gasteiger charge is -2.02. The van der Waals surface area contributed by atoms with E-state index >= 15 is 0 Å². The summed E-state index contributed by atoms with van der Waals surface area (Å²) >= 11 is 0. The fourth-order valence-electron chi connectivity index (χ4n) is 2.09. The van der Waals surface area contributed by atoms with Crippen LogP contribution in [0.3, 0.4) is 0 Å². The molecule has 0 saturated heterocycles. The maximum atomic E-state index is 10.7. The fourth-order valence-corrected chi connectivity index (χ4v) is 2.09. The molecule has 2 aromatic heterocycles. The van der Waals surface area contributed by atoms with E-state index < -0.39 is 4.92 Å². The Morgan fingerprint density at radius 1 is 1.48 bits per heavy atom. The van der Waals surface area contributed by atoms with Crippen molar-refractivity contribution >= 4 is 22.7 Å². The molecule has 2 heterocycles. The van der Waals surface area contributed by atoms with Crippen LogP contribution in [-0.4, -0.2) is 24.7 Å². The van der Waals surface area contributed by atoms with Crippen LogP contribution in [0.4, 0.5) is 11.6 Å². The molecule has 0 radical (unpaired) electrons. The molecule has 0 amide bonds. The van der Waals surface area contributed by atoms with Crippen molar-refractivity contribution < 1.29 is 4.92 Å². The first-order chi connectivity index (χ1) is 10.0. The first kappa shape index (κ1) is 13.1. The van der Waals surface area contributed by atoms with Crippen LogP contribution in [0.5, 0.6) is 0 Å². The minimum atomic E-state index is -0.424. The number of aromatic nitrogens is 4. The highest BCUT2D eigenvalue weighted by atomic mass is 16.6. The van der Waals surface area contributed by atoms with Gasteiger partial charge in [0.05, 0.1) is 22.2 Å². The SMILES string of the molecule is Cc1c(CNc2nc3ccc([N+](=O)[O-])cc3[nH]2)cnn1C. The number of non-ortho nitro benzene ring substituents is 1. The summed E-state index contributed by atoms with van der Waals surface area (Å²) in [6.07, 6.45) is 1.80. The first-order valence-electron chi connectivity index (χ1n) is 6.40. The lowest BCUT2D eigenvalue weighted by molar-refractivity contribution is -0.384. The van der Waals surface area contributed by atoms with Gasteiger partial charge in [0.15, 0.2) is 0 Å². The Kier molecular flexibility index (Phi) is 3.05. The number of nitrogens with zero attached hydrogens (tertiary/aromatic N) is 4. The second-order valence-electron chi connectivity index (χ2n) is 4.78. The third kappa shape index (κ3) is 2.42. The highest BCUT2D eigenvalue weighted by Crippen LogP contribution is 2.20. The topological polar surface area (TPSA) is 102 Å². The molecule has 0 aliphatic heterocycles. The van der Waals surface area contributed by atoms with Gasteiger partial charge >= 0.3 is 0 Å². The summed E-state index contributed by atoms with van der Waals surface area (Å²) in [4.78, 5) is 17.7. The van der Waals surface area contributed by atoms with Crippen molar-refractivity contribution in [3.63, 3.8) is 0 Å². The van der Waals surface area contributed by atoms with Gasteiger partial charge in [-0.1, -0.05) is 0 Å². The van der Waals surface area contributed by atoms with Crippen molar-refractivity contribution in [2.75, 3.05) is 5.32 Å². The Bertz CT molecular complexity index is 819. The van der Waals surface area contributed by atoms with Crippen molar-refractivity contribution in [2.24, 2.45) is 7.05 Å². The van der Waals surface area contributed by atoms with Crippen molar-refractivity contribution in [1.82, 2.24) is 19.7 Å². The summed E-state index contributed by atoms with van der Waals surface area (Å²) in [7, 11) is 1.89. The number of benzene rings is 1. The first-order valence-corrected chi connectivity index (χ1v) is 6.40. The largest absolute Gasteiger partial charge is 0.352 e. The Hall–Kier alpha value is -2.90. The number of anilines is 1. The third-order valence-corrected chi connectivity index (χ3v) is 3.46. The van der Waals surface area contributed by atoms with E-state index in [4.69, 9.17) is 0 Å². The molecule has 0 spiro atoms. The van der Waals surface area contributed by atoms with Gasteiger partial charge < -0.3 is 10.3 Å². The van der Waals surface area contributed by atoms with Gasteiger partial charge in [0.1, 0.15) is 0 Å². The van der Waals surface area contributed by atoms with Crippen LogP contribution in [0.25, 0.3) is 11.0 Å². The van der Waals surface area contributed by atoms with E-state index in [-0.39, 0.29) is 5.69 Å². The van der Waals surface area contributed by atoms with E-state index in [1.807, 2.05) is 14.0 Å². The summed E-state index contributed by atoms with van der Waals surface area (Å²) < 4.78 is 1.80. The quantitative estimate of drug-likeness (QED) is 0.565. The van der Waals surface area contributed by atoms with Crippen molar-refractivity contribution in [3.8, 4) is 0 Å². The normalized spacial score (nSPS) is 11.0. The molecule has 2 N–H and O–H groups in total. The summed E-state index contributed by atoms with van der Waals surface area (Å²) in [5.74, 6) is 0.578. The van der Waals surface area contributed by atoms with Gasteiger partial charge in [-0.15, -0.1) is 0 Å². The fraction of sp³-hybridized carbons (Fsp3) is 0.231. The average molecular weight is 286 g/mol. The molecule has 0 atom stereocenters. The maximum Gasteiger partial charge on any atom is 0.271 e. The Labute approximate surface area is 120 Å². The van der Waals surface area contributed by atoms with E-state index in [1.54, 1.807) is 16.9 Å². The number of hydrogen-bond donors (Lipinski definition) is 2. The summed E-state index contributed by atoms with van der Waals surface area (Å²) in [5.41, 5.74) is 3.51. The number of hydrogen-bond acceptors (Lipinski definition) is 5. The number of H-pyrrole nitrogens is 1. The Morgan fingerprint density at radius 3 is 2.95 bits per heavy atom. The monoisotopic (exact) mass is 286 g/mol. The lowest BCUT2D eigenvalue weighted by atomic mass is 10.2. The highest BCUT2D eigenvalue weighted by molar-refractivity contribution is 5.79. The summed E-state index contributed by atoms with van der Waals surface area (Å²) in [5, 5.41) is 18.1. The van der Waals surface area contributed by atoms with Gasteiger partial charge in [-0.05, 0) is 13.0 Å². The lowest BCUT2D eigenvalue weighted by Crippen LogP contribution is -2.02. The number of nitro benzene ring substituents is 1. The zero-order valence-electron chi connectivity index (χ0n) is 11.6. The van der Waals surface area contributed by atoms with Crippen LogP contribution in [0.1, 0.15) is 11.3 Å². The second kappa shape index (κ2) is 4.89. The predicted octanol–water partition coefficient (Wildman–Crippen LogP) is 2.13. The van der Waals surface area contributed by atoms with Gasteiger partial charge in [0, 0.05) is 37.0 Å². The van der Waals surface area contributed by atoms with Gasteiger partial charge in [-0.2, -0.15) is 5.10 Å². The minimum absolute atomic E-state index is 0.0424. The highest BCUT2D eigenvalue weighted by Gasteiger charge is 2.10. The molecule has 0 aliphatic carbocycles. The molecule has 8 nitrogen and oxygen atoms in total. The molecular formula is C13H14N6O2. The van der Waals surface area contributed by atoms with E-state index in [2.05, 4.69) is 20.4 Å². The maximum absolute atomic E-state index is 10.7. The van der Waals surface area contributed by atoms with Crippen molar-refractivity contribution in [2.45, 2.75) is 13.5 Å². The Balaban J connectivity index is 1.81. The second-order valence-corrected chi connectivity index (χ2v) is 4.78. The number of fused-ring (bicyclic) bond motifs is 1. The van der Waals surface area contributed by atoms with Gasteiger partial charge in [-0.3, -0.25) is 14.8 Å². The van der Waals surface area contributed by atoms with E-state index in [9.17, 15) is 10.1 Å². The molecule has 3 aromatic rings. The van der Waals surface area contributed by atoms with Crippen LogP contribution in [0.2, 0.25) is 0 Å². The number of nitrogens with one attached hydrogen (secondary N) is 2. The zero-order valence-corrected chi connectivity index (χ0v) is 11.6. The summed E-state index contributed by atoms with van der Waals surface area (Å²) in [6.45, 7) is 2.58. The minimum Gasteiger partial charge on any atom is -0.352 e. The van der Waals surface area contributed by atoms with E-state index in [0.717, 1.165) is 11.3 Å². The zero-order chi connectivity index (χ0) is 15.0. The Morgan fingerprint density at radius 2 is 2.29 bits per heavy atom. The van der Waals surface area contributed by atoms with Crippen LogP contribution in [0, 0.1) is 17.0 Å². The van der Waals surface area contributed by atoms with Crippen LogP contribution >= 0.6 is 0 Å². The number of imidazole rings is 1. The molecule has 21 heavy (non-hydrogen) atoms.